The van der Waals surface area contributed by atoms with Crippen LogP contribution in [-0.2, 0) is 9.84 Å². The predicted octanol–water partition coefficient (Wildman–Crippen LogP) is 1.65. The zero-order valence-electron chi connectivity index (χ0n) is 9.79. The maximum absolute atomic E-state index is 12.1. The molecule has 2 heterocycles. The molecule has 2 rings (SSSR count). The lowest BCUT2D eigenvalue weighted by Gasteiger charge is -2.47. The van der Waals surface area contributed by atoms with Crippen LogP contribution >= 0.6 is 11.8 Å². The van der Waals surface area contributed by atoms with Crippen molar-refractivity contribution in [2.24, 2.45) is 11.3 Å². The highest BCUT2D eigenvalue weighted by molar-refractivity contribution is 8.00. The molecule has 1 atom stereocenters. The second-order valence-corrected chi connectivity index (χ2v) is 8.50. The molecule has 3 nitrogen and oxygen atoms in total. The smallest absolute Gasteiger partial charge is 0.316 e. The number of halogens is 3. The predicted molar refractivity (Wildman–Crippen MR) is 65.2 cm³/mol. The van der Waals surface area contributed by atoms with Gasteiger partial charge >= 0.3 is 5.51 Å². The molecule has 2 saturated heterocycles. The maximum atomic E-state index is 12.1. The van der Waals surface area contributed by atoms with E-state index in [1.807, 2.05) is 0 Å². The molecule has 0 saturated carbocycles. The van der Waals surface area contributed by atoms with Crippen LogP contribution in [0, 0.1) is 11.3 Å². The molecule has 0 amide bonds. The minimum atomic E-state index is -4.19. The first-order valence-electron chi connectivity index (χ1n) is 5.84. The number of hydrogen-bond donors (Lipinski definition) is 1. The number of rotatable bonds is 4. The largest absolute Gasteiger partial charge is 0.441 e. The highest BCUT2D eigenvalue weighted by Crippen LogP contribution is 2.44. The topological polar surface area (TPSA) is 46.2 Å². The van der Waals surface area contributed by atoms with Crippen LogP contribution in [0.4, 0.5) is 13.2 Å². The van der Waals surface area contributed by atoms with E-state index in [1.54, 1.807) is 0 Å². The highest BCUT2D eigenvalue weighted by Gasteiger charge is 2.48. The Kier molecular flexibility index (Phi) is 3.91. The van der Waals surface area contributed by atoms with Gasteiger partial charge in [-0.3, -0.25) is 0 Å². The molecular weight excluding hydrogens is 287 g/mol. The van der Waals surface area contributed by atoms with Gasteiger partial charge in [0.05, 0.1) is 11.5 Å². The Balaban J connectivity index is 1.91. The van der Waals surface area contributed by atoms with Gasteiger partial charge in [-0.25, -0.2) is 8.42 Å². The summed E-state index contributed by atoms with van der Waals surface area (Å²) in [6, 6.07) is 0. The molecular formula is C10H16F3NO2S2. The van der Waals surface area contributed by atoms with E-state index in [0.717, 1.165) is 0 Å². The van der Waals surface area contributed by atoms with Crippen molar-refractivity contribution in [2.75, 3.05) is 30.3 Å². The van der Waals surface area contributed by atoms with Gasteiger partial charge in [0.15, 0.2) is 9.84 Å². The Morgan fingerprint density at radius 2 is 2.00 bits per heavy atom. The average Bonchev–Trinajstić information content (AvgIpc) is 2.49. The van der Waals surface area contributed by atoms with Gasteiger partial charge in [-0.15, -0.1) is 0 Å². The Labute approximate surface area is 109 Å². The molecule has 18 heavy (non-hydrogen) atoms. The van der Waals surface area contributed by atoms with E-state index in [0.29, 0.717) is 25.9 Å². The number of alkyl halides is 3. The summed E-state index contributed by atoms with van der Waals surface area (Å²) in [5.41, 5.74) is -4.43. The number of thioether (sulfide) groups is 1. The second kappa shape index (κ2) is 4.86. The first kappa shape index (κ1) is 14.5. The normalized spacial score (nSPS) is 30.1. The molecule has 2 fully saturated rings. The van der Waals surface area contributed by atoms with Crippen molar-refractivity contribution >= 4 is 21.6 Å². The van der Waals surface area contributed by atoms with E-state index in [-0.39, 0.29) is 40.4 Å². The number of hydrogen-bond acceptors (Lipinski definition) is 4. The average molecular weight is 303 g/mol. The molecule has 0 aromatic rings. The van der Waals surface area contributed by atoms with Gasteiger partial charge in [-0.2, -0.15) is 13.2 Å². The molecule has 0 aromatic carbocycles. The van der Waals surface area contributed by atoms with Crippen molar-refractivity contribution in [3.8, 4) is 0 Å². The summed E-state index contributed by atoms with van der Waals surface area (Å²) in [4.78, 5) is 0. The summed E-state index contributed by atoms with van der Waals surface area (Å²) >= 11 is -0.00884. The van der Waals surface area contributed by atoms with E-state index in [2.05, 4.69) is 5.32 Å². The Bertz CT molecular complexity index is 404. The summed E-state index contributed by atoms with van der Waals surface area (Å²) in [6.45, 7) is 1.29. The fraction of sp³-hybridized carbons (Fsp3) is 1.00. The summed E-state index contributed by atoms with van der Waals surface area (Å²) in [5, 5.41) is 3.07. The molecule has 0 spiro atoms. The monoisotopic (exact) mass is 303 g/mol. The Morgan fingerprint density at radius 1 is 1.33 bits per heavy atom. The lowest BCUT2D eigenvalue weighted by molar-refractivity contribution is -0.0331. The van der Waals surface area contributed by atoms with Crippen LogP contribution in [0.2, 0.25) is 0 Å². The van der Waals surface area contributed by atoms with Crippen LogP contribution in [0.1, 0.15) is 12.8 Å². The third-order valence-electron chi connectivity index (χ3n) is 3.92. The molecule has 0 aromatic heterocycles. The third-order valence-corrected chi connectivity index (χ3v) is 6.42. The second-order valence-electron chi connectivity index (χ2n) is 5.11. The quantitative estimate of drug-likeness (QED) is 0.858. The van der Waals surface area contributed by atoms with Gasteiger partial charge in [0.25, 0.3) is 0 Å². The van der Waals surface area contributed by atoms with Crippen molar-refractivity contribution in [1.29, 1.82) is 0 Å². The lowest BCUT2D eigenvalue weighted by atomic mass is 9.68. The molecule has 0 bridgehead atoms. The van der Waals surface area contributed by atoms with Crippen LogP contribution < -0.4 is 5.32 Å². The minimum absolute atomic E-state index is 0.00884. The van der Waals surface area contributed by atoms with Gasteiger partial charge in [0.2, 0.25) is 0 Å². The van der Waals surface area contributed by atoms with Crippen molar-refractivity contribution < 1.29 is 21.6 Å². The Morgan fingerprint density at radius 3 is 2.39 bits per heavy atom. The van der Waals surface area contributed by atoms with Gasteiger partial charge < -0.3 is 5.32 Å². The molecule has 106 valence electrons. The van der Waals surface area contributed by atoms with Gasteiger partial charge in [0.1, 0.15) is 0 Å². The van der Waals surface area contributed by atoms with Crippen LogP contribution in [-0.4, -0.2) is 44.3 Å². The van der Waals surface area contributed by atoms with Crippen LogP contribution in [0.5, 0.6) is 0 Å². The van der Waals surface area contributed by atoms with Gasteiger partial charge in [-0.05, 0) is 24.2 Å². The van der Waals surface area contributed by atoms with E-state index in [9.17, 15) is 21.6 Å². The van der Waals surface area contributed by atoms with Crippen LogP contribution in [0.25, 0.3) is 0 Å². The van der Waals surface area contributed by atoms with Crippen molar-refractivity contribution in [2.45, 2.75) is 18.3 Å². The molecule has 2 aliphatic rings. The fourth-order valence-corrected chi connectivity index (χ4v) is 5.45. The molecule has 2 aliphatic heterocycles. The van der Waals surface area contributed by atoms with E-state index in [1.165, 1.54) is 0 Å². The fourth-order valence-electron chi connectivity index (χ4n) is 2.76. The Hall–Kier alpha value is 0.0500. The lowest BCUT2D eigenvalue weighted by Crippen LogP contribution is -2.58. The van der Waals surface area contributed by atoms with Crippen LogP contribution in [0.3, 0.4) is 0 Å². The minimum Gasteiger partial charge on any atom is -0.316 e. The van der Waals surface area contributed by atoms with Crippen molar-refractivity contribution in [3.05, 3.63) is 0 Å². The van der Waals surface area contributed by atoms with E-state index in [4.69, 9.17) is 0 Å². The summed E-state index contributed by atoms with van der Waals surface area (Å²) in [7, 11) is -2.97. The summed E-state index contributed by atoms with van der Waals surface area (Å²) in [6.07, 6.45) is 1.03. The first-order chi connectivity index (χ1) is 8.23. The molecule has 1 N–H and O–H groups in total. The maximum Gasteiger partial charge on any atom is 0.441 e. The highest BCUT2D eigenvalue weighted by atomic mass is 32.2. The first-order valence-corrected chi connectivity index (χ1v) is 8.65. The summed E-state index contributed by atoms with van der Waals surface area (Å²) in [5.74, 6) is 0.372. The van der Waals surface area contributed by atoms with Crippen LogP contribution in [0.15, 0.2) is 0 Å². The molecule has 0 radical (unpaired) electrons. The summed E-state index contributed by atoms with van der Waals surface area (Å²) < 4.78 is 59.2. The van der Waals surface area contributed by atoms with E-state index >= 15 is 0 Å². The standard InChI is InChI=1S/C10H16F3NO2S2/c11-10(12,13)17-3-2-9(6-14-7-9)8-1-4-18(15,16)5-8/h8,14H,1-7H2. The molecule has 8 heteroatoms. The zero-order valence-corrected chi connectivity index (χ0v) is 11.4. The zero-order chi connectivity index (χ0) is 13.4. The van der Waals surface area contributed by atoms with Gasteiger partial charge in [0, 0.05) is 18.8 Å². The van der Waals surface area contributed by atoms with Crippen molar-refractivity contribution in [1.82, 2.24) is 5.32 Å². The number of nitrogens with one attached hydrogen (secondary N) is 1. The van der Waals surface area contributed by atoms with Gasteiger partial charge in [-0.1, -0.05) is 11.8 Å². The SMILES string of the molecule is O=S1(=O)CCC(C2(CCSC(F)(F)F)CNC2)C1. The van der Waals surface area contributed by atoms with Crippen molar-refractivity contribution in [3.63, 3.8) is 0 Å². The molecule has 0 aliphatic carbocycles. The van der Waals surface area contributed by atoms with E-state index < -0.39 is 15.3 Å². The number of sulfone groups is 1. The molecule has 1 unspecified atom stereocenters. The third kappa shape index (κ3) is 3.33.